The molecule has 35 heavy (non-hydrogen) atoms. The lowest BCUT2D eigenvalue weighted by Crippen LogP contribution is -2.47. The number of nitrogens with one attached hydrogen (secondary N) is 1. The normalized spacial score (nSPS) is 16.0. The quantitative estimate of drug-likeness (QED) is 0.541. The number of hydrogen-bond donors (Lipinski definition) is 1. The van der Waals surface area contributed by atoms with Crippen LogP contribution in [0.1, 0.15) is 27.3 Å². The second-order valence-electron chi connectivity index (χ2n) is 8.63. The molecule has 0 atom stereocenters. The second-order valence-corrected chi connectivity index (χ2v) is 8.63. The third-order valence-electron chi connectivity index (χ3n) is 6.35. The Morgan fingerprint density at radius 3 is 2.40 bits per heavy atom. The molecular weight excluding hydrogens is 462 g/mol. The van der Waals surface area contributed by atoms with Crippen molar-refractivity contribution in [2.24, 2.45) is 0 Å². The van der Waals surface area contributed by atoms with Gasteiger partial charge in [-0.15, -0.1) is 0 Å². The van der Waals surface area contributed by atoms with Gasteiger partial charge in [-0.25, -0.2) is 22.5 Å². The molecule has 0 aliphatic carbocycles. The number of rotatable bonds is 6. The highest BCUT2D eigenvalue weighted by Crippen LogP contribution is 2.30. The molecule has 1 fully saturated rings. The van der Waals surface area contributed by atoms with E-state index in [0.717, 1.165) is 5.69 Å². The van der Waals surface area contributed by atoms with Crippen molar-refractivity contribution >= 4 is 11.6 Å². The SMILES string of the molecule is O=C1NCc2nc(-c3c(F)cccc3F)cc(Cc3ccc(N4CCN(CC(F)F)CC4)cn3)c21. The van der Waals surface area contributed by atoms with Gasteiger partial charge in [-0.2, -0.15) is 0 Å². The summed E-state index contributed by atoms with van der Waals surface area (Å²) in [5.41, 5.74) is 2.91. The van der Waals surface area contributed by atoms with Crippen LogP contribution < -0.4 is 10.2 Å². The molecule has 10 heteroatoms. The van der Waals surface area contributed by atoms with Gasteiger partial charge < -0.3 is 10.2 Å². The van der Waals surface area contributed by atoms with Crippen LogP contribution in [0.2, 0.25) is 0 Å². The van der Waals surface area contributed by atoms with Gasteiger partial charge in [0, 0.05) is 38.3 Å². The van der Waals surface area contributed by atoms with Crippen LogP contribution in [0.25, 0.3) is 11.3 Å². The van der Waals surface area contributed by atoms with Gasteiger partial charge in [0.2, 0.25) is 0 Å². The number of aromatic nitrogens is 2. The minimum atomic E-state index is -2.34. The van der Waals surface area contributed by atoms with E-state index >= 15 is 0 Å². The number of benzene rings is 1. The van der Waals surface area contributed by atoms with Gasteiger partial charge in [-0.1, -0.05) is 6.07 Å². The number of halogens is 4. The molecule has 0 radical (unpaired) electrons. The summed E-state index contributed by atoms with van der Waals surface area (Å²) in [4.78, 5) is 25.2. The predicted molar refractivity (Wildman–Crippen MR) is 122 cm³/mol. The number of amides is 1. The maximum absolute atomic E-state index is 14.4. The highest BCUT2D eigenvalue weighted by Gasteiger charge is 2.27. The fourth-order valence-corrected chi connectivity index (χ4v) is 4.61. The Labute approximate surface area is 199 Å². The summed E-state index contributed by atoms with van der Waals surface area (Å²) in [7, 11) is 0. The summed E-state index contributed by atoms with van der Waals surface area (Å²) in [6, 6.07) is 8.92. The molecule has 1 saturated heterocycles. The summed E-state index contributed by atoms with van der Waals surface area (Å²) in [6.45, 7) is 2.34. The molecule has 5 rings (SSSR count). The molecule has 1 aromatic carbocycles. The second kappa shape index (κ2) is 9.61. The minimum absolute atomic E-state index is 0.129. The highest BCUT2D eigenvalue weighted by atomic mass is 19.3. The van der Waals surface area contributed by atoms with Crippen molar-refractivity contribution in [3.8, 4) is 11.3 Å². The fourth-order valence-electron chi connectivity index (χ4n) is 4.61. The zero-order valence-electron chi connectivity index (χ0n) is 18.8. The number of alkyl halides is 2. The summed E-state index contributed by atoms with van der Waals surface area (Å²) >= 11 is 0. The fraction of sp³-hybridized carbons (Fsp3) is 0.320. The van der Waals surface area contributed by atoms with Crippen LogP contribution in [0.4, 0.5) is 23.2 Å². The summed E-state index contributed by atoms with van der Waals surface area (Å²) in [6.07, 6.45) is -0.338. The lowest BCUT2D eigenvalue weighted by atomic mass is 9.98. The number of anilines is 1. The average molecular weight is 485 g/mol. The lowest BCUT2D eigenvalue weighted by Gasteiger charge is -2.35. The molecule has 0 saturated carbocycles. The molecule has 2 aromatic heterocycles. The molecule has 2 aliphatic heterocycles. The maximum atomic E-state index is 14.4. The van der Waals surface area contributed by atoms with Gasteiger partial charge in [0.05, 0.1) is 47.5 Å². The van der Waals surface area contributed by atoms with Crippen molar-refractivity contribution in [1.29, 1.82) is 0 Å². The molecule has 3 aromatic rings. The first-order valence-electron chi connectivity index (χ1n) is 11.3. The number of piperazine rings is 1. The van der Waals surface area contributed by atoms with Crippen LogP contribution in [0, 0.1) is 11.6 Å². The Kier molecular flexibility index (Phi) is 6.38. The van der Waals surface area contributed by atoms with Crippen molar-refractivity contribution in [1.82, 2.24) is 20.2 Å². The zero-order chi connectivity index (χ0) is 24.5. The van der Waals surface area contributed by atoms with Crippen molar-refractivity contribution in [2.75, 3.05) is 37.6 Å². The van der Waals surface area contributed by atoms with Crippen molar-refractivity contribution in [3.63, 3.8) is 0 Å². The van der Waals surface area contributed by atoms with E-state index in [-0.39, 0.29) is 36.7 Å². The number of fused-ring (bicyclic) bond motifs is 1. The molecule has 0 unspecified atom stereocenters. The van der Waals surface area contributed by atoms with E-state index in [1.807, 2.05) is 12.1 Å². The largest absolute Gasteiger partial charge is 0.368 e. The molecule has 1 N–H and O–H groups in total. The number of pyridine rings is 2. The van der Waals surface area contributed by atoms with Crippen LogP contribution in [0.5, 0.6) is 0 Å². The molecule has 1 amide bonds. The van der Waals surface area contributed by atoms with Crippen LogP contribution in [-0.4, -0.2) is 59.9 Å². The van der Waals surface area contributed by atoms with Crippen LogP contribution in [0.15, 0.2) is 42.6 Å². The van der Waals surface area contributed by atoms with Crippen molar-refractivity contribution in [3.05, 3.63) is 76.7 Å². The van der Waals surface area contributed by atoms with E-state index in [1.165, 1.54) is 18.2 Å². The van der Waals surface area contributed by atoms with E-state index in [4.69, 9.17) is 0 Å². The van der Waals surface area contributed by atoms with Gasteiger partial charge in [-0.05, 0) is 35.9 Å². The minimum Gasteiger partial charge on any atom is -0.368 e. The van der Waals surface area contributed by atoms with Gasteiger partial charge >= 0.3 is 0 Å². The predicted octanol–water partition coefficient (Wildman–Crippen LogP) is 3.64. The van der Waals surface area contributed by atoms with Crippen LogP contribution >= 0.6 is 0 Å². The van der Waals surface area contributed by atoms with Gasteiger partial charge in [0.25, 0.3) is 12.3 Å². The maximum Gasteiger partial charge on any atom is 0.253 e. The topological polar surface area (TPSA) is 61.4 Å². The van der Waals surface area contributed by atoms with E-state index in [0.29, 0.717) is 48.7 Å². The van der Waals surface area contributed by atoms with E-state index in [9.17, 15) is 22.4 Å². The molecule has 182 valence electrons. The Hall–Kier alpha value is -3.53. The van der Waals surface area contributed by atoms with Crippen LogP contribution in [-0.2, 0) is 13.0 Å². The van der Waals surface area contributed by atoms with E-state index in [1.54, 1.807) is 17.2 Å². The lowest BCUT2D eigenvalue weighted by molar-refractivity contribution is 0.0854. The number of hydrogen-bond acceptors (Lipinski definition) is 5. The third-order valence-corrected chi connectivity index (χ3v) is 6.35. The zero-order valence-corrected chi connectivity index (χ0v) is 18.8. The standard InChI is InChI=1S/C25H23F4N5O/c26-18-2-1-3-19(27)24(18)20-11-15(23-21(32-20)13-31-25(23)35)10-16-4-5-17(12-30-16)34-8-6-33(7-9-34)14-22(28)29/h1-5,11-12,22H,6-10,13-14H2,(H,31,35). The molecule has 2 aliphatic rings. The first-order chi connectivity index (χ1) is 16.9. The Bertz CT molecular complexity index is 1220. The smallest absolute Gasteiger partial charge is 0.253 e. The number of carbonyl (C=O) groups is 1. The molecule has 0 bridgehead atoms. The monoisotopic (exact) mass is 485 g/mol. The molecule has 6 nitrogen and oxygen atoms in total. The average Bonchev–Trinajstić information content (AvgIpc) is 3.21. The third kappa shape index (κ3) is 4.84. The van der Waals surface area contributed by atoms with Gasteiger partial charge in [0.1, 0.15) is 11.6 Å². The summed E-state index contributed by atoms with van der Waals surface area (Å²) < 4.78 is 54.0. The van der Waals surface area contributed by atoms with E-state index in [2.05, 4.69) is 20.2 Å². The van der Waals surface area contributed by atoms with E-state index < -0.39 is 18.1 Å². The Morgan fingerprint density at radius 2 is 1.74 bits per heavy atom. The summed E-state index contributed by atoms with van der Waals surface area (Å²) in [5, 5.41) is 2.72. The van der Waals surface area contributed by atoms with Crippen LogP contribution in [0.3, 0.4) is 0 Å². The first-order valence-corrected chi connectivity index (χ1v) is 11.3. The van der Waals surface area contributed by atoms with Crippen molar-refractivity contribution < 1.29 is 22.4 Å². The van der Waals surface area contributed by atoms with Gasteiger partial charge in [-0.3, -0.25) is 14.7 Å². The number of carbonyl (C=O) groups excluding carboxylic acids is 1. The summed E-state index contributed by atoms with van der Waals surface area (Å²) in [5.74, 6) is -1.73. The van der Waals surface area contributed by atoms with Crippen molar-refractivity contribution in [2.45, 2.75) is 19.4 Å². The number of nitrogens with zero attached hydrogens (tertiary/aromatic N) is 4. The Balaban J connectivity index is 1.38. The van der Waals surface area contributed by atoms with Gasteiger partial charge in [0.15, 0.2) is 0 Å². The molecule has 4 heterocycles. The Morgan fingerprint density at radius 1 is 1.00 bits per heavy atom. The molecule has 0 spiro atoms. The first kappa shape index (κ1) is 23.2. The highest BCUT2D eigenvalue weighted by molar-refractivity contribution is 5.99. The molecular formula is C25H23F4N5O.